The molecule has 39 heavy (non-hydrogen) atoms. The van der Waals surface area contributed by atoms with Crippen LogP contribution in [0.3, 0.4) is 0 Å². The SMILES string of the molecule is COc1cc(/C=C2\SC(=S)N(CCCCCC(=O)Nc3ccc(F)cc3)C2=O)ccc1OCc1ccccc1. The molecule has 4 rings (SSSR count). The minimum absolute atomic E-state index is 0.123. The summed E-state index contributed by atoms with van der Waals surface area (Å²) in [6.07, 6.45) is 4.33. The minimum Gasteiger partial charge on any atom is -0.493 e. The van der Waals surface area contributed by atoms with Crippen molar-refractivity contribution in [1.82, 2.24) is 4.90 Å². The quantitative estimate of drug-likeness (QED) is 0.148. The molecule has 0 spiro atoms. The Balaban J connectivity index is 1.25. The van der Waals surface area contributed by atoms with E-state index in [0.29, 0.717) is 52.4 Å². The van der Waals surface area contributed by atoms with Crippen LogP contribution in [0.25, 0.3) is 6.08 Å². The Morgan fingerprint density at radius 2 is 1.79 bits per heavy atom. The Morgan fingerprint density at radius 3 is 2.54 bits per heavy atom. The summed E-state index contributed by atoms with van der Waals surface area (Å²) >= 11 is 6.73. The number of thioether (sulfide) groups is 1. The number of thiocarbonyl (C=S) groups is 1. The van der Waals surface area contributed by atoms with Crippen molar-refractivity contribution in [3.63, 3.8) is 0 Å². The third-order valence-corrected chi connectivity index (χ3v) is 7.39. The maximum atomic E-state index is 13.0. The lowest BCUT2D eigenvalue weighted by Gasteiger charge is -2.14. The highest BCUT2D eigenvalue weighted by atomic mass is 32.2. The molecule has 2 amide bonds. The zero-order valence-corrected chi connectivity index (χ0v) is 23.2. The lowest BCUT2D eigenvalue weighted by Crippen LogP contribution is -2.29. The van der Waals surface area contributed by atoms with Crippen LogP contribution in [-0.2, 0) is 16.2 Å². The number of rotatable bonds is 12. The molecule has 1 aliphatic rings. The van der Waals surface area contributed by atoms with Gasteiger partial charge in [-0.3, -0.25) is 14.5 Å². The second-order valence-electron chi connectivity index (χ2n) is 8.88. The van der Waals surface area contributed by atoms with Gasteiger partial charge >= 0.3 is 0 Å². The highest BCUT2D eigenvalue weighted by Crippen LogP contribution is 2.35. The van der Waals surface area contributed by atoms with Crippen LogP contribution in [0.5, 0.6) is 11.5 Å². The highest BCUT2D eigenvalue weighted by molar-refractivity contribution is 8.26. The number of nitrogens with zero attached hydrogens (tertiary/aromatic N) is 1. The van der Waals surface area contributed by atoms with Gasteiger partial charge in [0.1, 0.15) is 16.7 Å². The Bertz CT molecular complexity index is 1350. The van der Waals surface area contributed by atoms with E-state index in [1.165, 1.54) is 36.0 Å². The summed E-state index contributed by atoms with van der Waals surface area (Å²) in [7, 11) is 1.58. The zero-order chi connectivity index (χ0) is 27.6. The van der Waals surface area contributed by atoms with Crippen molar-refractivity contribution < 1.29 is 23.5 Å². The summed E-state index contributed by atoms with van der Waals surface area (Å²) in [6.45, 7) is 0.922. The molecule has 3 aromatic rings. The van der Waals surface area contributed by atoms with Gasteiger partial charge in [0.2, 0.25) is 5.91 Å². The molecule has 202 valence electrons. The van der Waals surface area contributed by atoms with Crippen LogP contribution >= 0.6 is 24.0 Å². The summed E-state index contributed by atoms with van der Waals surface area (Å²) in [4.78, 5) is 27.3. The van der Waals surface area contributed by atoms with Gasteiger partial charge in [-0.25, -0.2) is 4.39 Å². The number of unbranched alkanes of at least 4 members (excludes halogenated alkanes) is 2. The third kappa shape index (κ3) is 8.15. The standard InChI is InChI=1S/C30H29FN2O4S2/c1-36-26-18-22(11-16-25(26)37-20-21-8-4-2-5-9-21)19-27-29(35)33(30(38)39-27)17-7-3-6-10-28(34)32-24-14-12-23(31)13-15-24/h2,4-5,8-9,11-16,18-19H,3,6-7,10,17,20H2,1H3,(H,32,34)/b27-19-. The molecule has 1 saturated heterocycles. The first-order valence-electron chi connectivity index (χ1n) is 12.6. The number of carbonyl (C=O) groups is 2. The van der Waals surface area contributed by atoms with E-state index >= 15 is 0 Å². The first-order valence-corrected chi connectivity index (χ1v) is 13.8. The number of hydrogen-bond donors (Lipinski definition) is 1. The normalized spacial score (nSPS) is 14.1. The zero-order valence-electron chi connectivity index (χ0n) is 21.5. The number of methoxy groups -OCH3 is 1. The Morgan fingerprint density at radius 1 is 1.03 bits per heavy atom. The molecule has 0 atom stereocenters. The van der Waals surface area contributed by atoms with Gasteiger partial charge in [0.15, 0.2) is 11.5 Å². The molecule has 1 heterocycles. The molecular formula is C30H29FN2O4S2. The van der Waals surface area contributed by atoms with Crippen LogP contribution in [0, 0.1) is 5.82 Å². The van der Waals surface area contributed by atoms with Gasteiger partial charge in [-0.2, -0.15) is 0 Å². The number of carbonyl (C=O) groups excluding carboxylic acids is 2. The number of hydrogen-bond acceptors (Lipinski definition) is 6. The number of ether oxygens (including phenoxy) is 2. The van der Waals surface area contributed by atoms with Gasteiger partial charge in [0, 0.05) is 18.7 Å². The molecule has 1 N–H and O–H groups in total. The van der Waals surface area contributed by atoms with E-state index < -0.39 is 0 Å². The molecule has 1 aliphatic heterocycles. The number of anilines is 1. The average Bonchev–Trinajstić information content (AvgIpc) is 3.21. The van der Waals surface area contributed by atoms with Crippen molar-refractivity contribution in [1.29, 1.82) is 0 Å². The number of nitrogens with one attached hydrogen (secondary N) is 1. The molecule has 0 saturated carbocycles. The van der Waals surface area contributed by atoms with Crippen molar-refractivity contribution in [3.8, 4) is 11.5 Å². The van der Waals surface area contributed by atoms with Crippen molar-refractivity contribution in [2.75, 3.05) is 19.0 Å². The molecule has 9 heteroatoms. The summed E-state index contributed by atoms with van der Waals surface area (Å²) in [6, 6.07) is 21.1. The van der Waals surface area contributed by atoms with Crippen molar-refractivity contribution >= 4 is 51.9 Å². The first-order chi connectivity index (χ1) is 18.9. The minimum atomic E-state index is -0.347. The Hall–Kier alpha value is -3.69. The van der Waals surface area contributed by atoms with Crippen molar-refractivity contribution in [2.24, 2.45) is 0 Å². The molecule has 0 unspecified atom stereocenters. The fourth-order valence-corrected chi connectivity index (χ4v) is 5.27. The van der Waals surface area contributed by atoms with E-state index in [-0.39, 0.29) is 17.6 Å². The van der Waals surface area contributed by atoms with Crippen LogP contribution in [0.15, 0.2) is 77.7 Å². The Kier molecular flexibility index (Phi) is 10.1. The van der Waals surface area contributed by atoms with E-state index in [1.54, 1.807) is 12.0 Å². The van der Waals surface area contributed by atoms with Gasteiger partial charge in [-0.15, -0.1) is 0 Å². The predicted octanol–water partition coefficient (Wildman–Crippen LogP) is 6.81. The first kappa shape index (κ1) is 28.3. The highest BCUT2D eigenvalue weighted by Gasteiger charge is 2.31. The molecule has 0 aliphatic carbocycles. The van der Waals surface area contributed by atoms with Crippen molar-refractivity contribution in [3.05, 3.63) is 94.6 Å². The molecule has 3 aromatic carbocycles. The van der Waals surface area contributed by atoms with Gasteiger partial charge in [-0.05, 0) is 66.4 Å². The van der Waals surface area contributed by atoms with E-state index in [4.69, 9.17) is 21.7 Å². The van der Waals surface area contributed by atoms with Crippen LogP contribution < -0.4 is 14.8 Å². The van der Waals surface area contributed by atoms with E-state index in [1.807, 2.05) is 54.6 Å². The summed E-state index contributed by atoms with van der Waals surface area (Å²) in [5.74, 6) is 0.612. The molecule has 1 fully saturated rings. The van der Waals surface area contributed by atoms with Crippen LogP contribution in [0.1, 0.15) is 36.8 Å². The van der Waals surface area contributed by atoms with E-state index in [0.717, 1.165) is 24.0 Å². The van der Waals surface area contributed by atoms with Gasteiger partial charge < -0.3 is 14.8 Å². The van der Waals surface area contributed by atoms with Gasteiger partial charge in [0.25, 0.3) is 5.91 Å². The monoisotopic (exact) mass is 564 g/mol. The largest absolute Gasteiger partial charge is 0.493 e. The lowest BCUT2D eigenvalue weighted by molar-refractivity contribution is -0.122. The van der Waals surface area contributed by atoms with E-state index in [9.17, 15) is 14.0 Å². The number of halogens is 1. The topological polar surface area (TPSA) is 67.9 Å². The number of amides is 2. The van der Waals surface area contributed by atoms with Gasteiger partial charge in [0.05, 0.1) is 12.0 Å². The second kappa shape index (κ2) is 13.9. The van der Waals surface area contributed by atoms with Crippen LogP contribution in [-0.4, -0.2) is 34.7 Å². The maximum absolute atomic E-state index is 13.0. The molecule has 0 radical (unpaired) electrons. The second-order valence-corrected chi connectivity index (χ2v) is 10.6. The smallest absolute Gasteiger partial charge is 0.266 e. The Labute approximate surface area is 237 Å². The van der Waals surface area contributed by atoms with Crippen LogP contribution in [0.2, 0.25) is 0 Å². The van der Waals surface area contributed by atoms with Gasteiger partial charge in [-0.1, -0.05) is 66.8 Å². The van der Waals surface area contributed by atoms with Crippen LogP contribution in [0.4, 0.5) is 10.1 Å². The molecule has 0 bridgehead atoms. The van der Waals surface area contributed by atoms with E-state index in [2.05, 4.69) is 5.32 Å². The maximum Gasteiger partial charge on any atom is 0.266 e. The average molecular weight is 565 g/mol. The fraction of sp³-hybridized carbons (Fsp3) is 0.233. The van der Waals surface area contributed by atoms with Crippen molar-refractivity contribution in [2.45, 2.75) is 32.3 Å². The summed E-state index contributed by atoms with van der Waals surface area (Å²) < 4.78 is 24.9. The molecule has 6 nitrogen and oxygen atoms in total. The summed E-state index contributed by atoms with van der Waals surface area (Å²) in [5, 5.41) is 2.75. The third-order valence-electron chi connectivity index (χ3n) is 6.01. The number of benzene rings is 3. The summed E-state index contributed by atoms with van der Waals surface area (Å²) in [5.41, 5.74) is 2.44. The fourth-order valence-electron chi connectivity index (χ4n) is 3.96. The molecule has 0 aromatic heterocycles. The predicted molar refractivity (Wildman–Crippen MR) is 157 cm³/mol. The lowest BCUT2D eigenvalue weighted by atomic mass is 10.1. The molecular weight excluding hydrogens is 535 g/mol.